The number of hydrogen-bond acceptors (Lipinski definition) is 9. The van der Waals surface area contributed by atoms with Crippen LogP contribution in [0.1, 0.15) is 11.6 Å². The minimum atomic E-state index is -1.44. The standard InChI is InChI=1S/C17H24N2O7/c1-25-13(21)6-18-10-7-19(11-5-3-2-4-9(10)11)17-16(24)15(23)14(22)12(8-20)26-17/h2-5,10,12,14-18,20,22-24H,6-8H2,1H3. The number of ether oxygens (including phenoxy) is 2. The van der Waals surface area contributed by atoms with E-state index in [0.717, 1.165) is 11.3 Å². The fourth-order valence-electron chi connectivity index (χ4n) is 3.47. The van der Waals surface area contributed by atoms with Gasteiger partial charge in [0.25, 0.3) is 0 Å². The van der Waals surface area contributed by atoms with Gasteiger partial charge in [0.15, 0.2) is 6.23 Å². The summed E-state index contributed by atoms with van der Waals surface area (Å²) >= 11 is 0. The Morgan fingerprint density at radius 2 is 2.00 bits per heavy atom. The van der Waals surface area contributed by atoms with Crippen molar-refractivity contribution in [3.8, 4) is 0 Å². The third-order valence-electron chi connectivity index (χ3n) is 4.90. The summed E-state index contributed by atoms with van der Waals surface area (Å²) in [7, 11) is 1.31. The molecule has 9 nitrogen and oxygen atoms in total. The van der Waals surface area contributed by atoms with Gasteiger partial charge in [0.2, 0.25) is 0 Å². The minimum Gasteiger partial charge on any atom is -0.468 e. The molecule has 1 fully saturated rings. The fourth-order valence-corrected chi connectivity index (χ4v) is 3.47. The van der Waals surface area contributed by atoms with Crippen LogP contribution in [0.4, 0.5) is 5.69 Å². The quantitative estimate of drug-likeness (QED) is 0.379. The van der Waals surface area contributed by atoms with Crippen molar-refractivity contribution in [2.45, 2.75) is 36.7 Å². The van der Waals surface area contributed by atoms with E-state index in [2.05, 4.69) is 10.1 Å². The van der Waals surface area contributed by atoms with E-state index in [1.807, 2.05) is 24.3 Å². The number of fused-ring (bicyclic) bond motifs is 1. The van der Waals surface area contributed by atoms with Crippen LogP contribution in [-0.4, -0.2) is 83.8 Å². The van der Waals surface area contributed by atoms with Crippen LogP contribution in [0, 0.1) is 0 Å². The van der Waals surface area contributed by atoms with Crippen LogP contribution in [0.3, 0.4) is 0 Å². The topological polar surface area (TPSA) is 132 Å². The maximum absolute atomic E-state index is 11.4. The van der Waals surface area contributed by atoms with Crippen LogP contribution in [0.5, 0.6) is 0 Å². The van der Waals surface area contributed by atoms with Crippen LogP contribution in [0.15, 0.2) is 24.3 Å². The van der Waals surface area contributed by atoms with Gasteiger partial charge in [0.1, 0.15) is 24.4 Å². The van der Waals surface area contributed by atoms with Crippen molar-refractivity contribution in [2.75, 3.05) is 31.7 Å². The molecule has 6 atom stereocenters. The molecule has 0 aromatic heterocycles. The predicted molar refractivity (Wildman–Crippen MR) is 90.3 cm³/mol. The molecule has 2 aliphatic heterocycles. The highest BCUT2D eigenvalue weighted by Gasteiger charge is 2.47. The molecular weight excluding hydrogens is 344 g/mol. The number of hydrogen-bond donors (Lipinski definition) is 5. The number of nitrogens with zero attached hydrogens (tertiary/aromatic N) is 1. The summed E-state index contributed by atoms with van der Waals surface area (Å²) in [6, 6.07) is 7.23. The maximum atomic E-state index is 11.4. The molecule has 1 aromatic rings. The first-order valence-electron chi connectivity index (χ1n) is 8.44. The highest BCUT2D eigenvalue weighted by atomic mass is 16.6. The van der Waals surface area contributed by atoms with Gasteiger partial charge in [-0.25, -0.2) is 0 Å². The third kappa shape index (κ3) is 3.41. The average molecular weight is 368 g/mol. The first-order chi connectivity index (χ1) is 12.5. The third-order valence-corrected chi connectivity index (χ3v) is 4.90. The Bertz CT molecular complexity index is 641. The molecule has 0 bridgehead atoms. The van der Waals surface area contributed by atoms with E-state index < -0.39 is 43.2 Å². The van der Waals surface area contributed by atoms with Gasteiger partial charge in [0, 0.05) is 12.2 Å². The van der Waals surface area contributed by atoms with Gasteiger partial charge >= 0.3 is 5.97 Å². The van der Waals surface area contributed by atoms with Gasteiger partial charge in [0.05, 0.1) is 26.3 Å². The second-order valence-corrected chi connectivity index (χ2v) is 6.44. The SMILES string of the molecule is COC(=O)CNC1CN(C2OC(CO)C(O)C(O)C2O)c2ccccc21. The van der Waals surface area contributed by atoms with Crippen molar-refractivity contribution in [1.29, 1.82) is 0 Å². The first-order valence-corrected chi connectivity index (χ1v) is 8.44. The molecule has 0 radical (unpaired) electrons. The molecule has 0 saturated carbocycles. The number of para-hydroxylation sites is 1. The lowest BCUT2D eigenvalue weighted by Crippen LogP contribution is -2.63. The van der Waals surface area contributed by atoms with E-state index in [1.54, 1.807) is 4.90 Å². The molecule has 9 heteroatoms. The fraction of sp³-hybridized carbons (Fsp3) is 0.588. The summed E-state index contributed by atoms with van der Waals surface area (Å²) in [5, 5.41) is 42.9. The molecule has 5 N–H and O–H groups in total. The number of esters is 1. The maximum Gasteiger partial charge on any atom is 0.319 e. The molecule has 0 amide bonds. The molecule has 1 aromatic carbocycles. The Labute approximate surface area is 150 Å². The molecule has 2 aliphatic rings. The molecule has 0 aliphatic carbocycles. The lowest BCUT2D eigenvalue weighted by atomic mass is 9.97. The van der Waals surface area contributed by atoms with Gasteiger partial charge in [-0.05, 0) is 11.6 Å². The van der Waals surface area contributed by atoms with Crippen LogP contribution < -0.4 is 10.2 Å². The summed E-state index contributed by atoms with van der Waals surface area (Å²) < 4.78 is 10.3. The average Bonchev–Trinajstić information content (AvgIpc) is 3.03. The monoisotopic (exact) mass is 368 g/mol. The number of benzene rings is 1. The lowest BCUT2D eigenvalue weighted by Gasteiger charge is -2.44. The summed E-state index contributed by atoms with van der Waals surface area (Å²) in [4.78, 5) is 13.2. The van der Waals surface area contributed by atoms with E-state index in [0.29, 0.717) is 6.54 Å². The van der Waals surface area contributed by atoms with Gasteiger partial charge < -0.3 is 34.8 Å². The highest BCUT2D eigenvalue weighted by molar-refractivity contribution is 5.71. The zero-order valence-corrected chi connectivity index (χ0v) is 14.4. The summed E-state index contributed by atoms with van der Waals surface area (Å²) in [6.45, 7) is -0.0853. The summed E-state index contributed by atoms with van der Waals surface area (Å²) in [5.74, 6) is -0.395. The largest absolute Gasteiger partial charge is 0.468 e. The van der Waals surface area contributed by atoms with Crippen LogP contribution in [0.2, 0.25) is 0 Å². The second-order valence-electron chi connectivity index (χ2n) is 6.44. The van der Waals surface area contributed by atoms with Crippen molar-refractivity contribution < 1.29 is 34.7 Å². The Balaban J connectivity index is 1.83. The second kappa shape index (κ2) is 7.87. The zero-order chi connectivity index (χ0) is 18.8. The van der Waals surface area contributed by atoms with Crippen LogP contribution in [0.25, 0.3) is 0 Å². The Morgan fingerprint density at radius 1 is 1.27 bits per heavy atom. The Hall–Kier alpha value is -1.75. The lowest BCUT2D eigenvalue weighted by molar-refractivity contribution is -0.228. The van der Waals surface area contributed by atoms with Gasteiger partial charge in [-0.15, -0.1) is 0 Å². The van der Waals surface area contributed by atoms with E-state index in [9.17, 15) is 25.2 Å². The van der Waals surface area contributed by atoms with Crippen molar-refractivity contribution >= 4 is 11.7 Å². The molecule has 0 spiro atoms. The molecule has 1 saturated heterocycles. The molecule has 26 heavy (non-hydrogen) atoms. The number of carbonyl (C=O) groups excluding carboxylic acids is 1. The predicted octanol–water partition coefficient (Wildman–Crippen LogP) is -1.89. The highest BCUT2D eigenvalue weighted by Crippen LogP contribution is 2.38. The number of anilines is 1. The Kier molecular flexibility index (Phi) is 5.76. The van der Waals surface area contributed by atoms with E-state index in [4.69, 9.17) is 4.74 Å². The number of nitrogens with one attached hydrogen (secondary N) is 1. The first kappa shape index (κ1) is 19.0. The van der Waals surface area contributed by atoms with E-state index >= 15 is 0 Å². The molecule has 2 heterocycles. The number of carbonyl (C=O) groups is 1. The minimum absolute atomic E-state index is 0.0258. The van der Waals surface area contributed by atoms with E-state index in [1.165, 1.54) is 7.11 Å². The van der Waals surface area contributed by atoms with Crippen molar-refractivity contribution in [3.05, 3.63) is 29.8 Å². The number of rotatable bonds is 5. The Morgan fingerprint density at radius 3 is 2.69 bits per heavy atom. The number of aliphatic hydroxyl groups excluding tert-OH is 4. The summed E-state index contributed by atoms with van der Waals surface area (Å²) in [6.07, 6.45) is -6.14. The van der Waals surface area contributed by atoms with Crippen molar-refractivity contribution in [2.24, 2.45) is 0 Å². The number of methoxy groups -OCH3 is 1. The van der Waals surface area contributed by atoms with Crippen LogP contribution >= 0.6 is 0 Å². The molecule has 3 rings (SSSR count). The van der Waals surface area contributed by atoms with Gasteiger partial charge in [-0.1, -0.05) is 18.2 Å². The van der Waals surface area contributed by atoms with Crippen molar-refractivity contribution in [3.63, 3.8) is 0 Å². The molecule has 6 unspecified atom stereocenters. The zero-order valence-electron chi connectivity index (χ0n) is 14.4. The van der Waals surface area contributed by atoms with Gasteiger partial charge in [-0.3, -0.25) is 10.1 Å². The smallest absolute Gasteiger partial charge is 0.319 e. The number of aliphatic hydroxyl groups is 4. The summed E-state index contributed by atoms with van der Waals surface area (Å²) in [5.41, 5.74) is 1.69. The molecule has 144 valence electrons. The van der Waals surface area contributed by atoms with Gasteiger partial charge in [-0.2, -0.15) is 0 Å². The molecular formula is C17H24N2O7. The van der Waals surface area contributed by atoms with E-state index in [-0.39, 0.29) is 12.6 Å². The normalized spacial score (nSPS) is 33.8. The van der Waals surface area contributed by atoms with Crippen molar-refractivity contribution in [1.82, 2.24) is 5.32 Å². The van der Waals surface area contributed by atoms with Crippen LogP contribution in [-0.2, 0) is 14.3 Å².